The van der Waals surface area contributed by atoms with Gasteiger partial charge in [0.2, 0.25) is 5.91 Å². The van der Waals surface area contributed by atoms with Gasteiger partial charge in [-0.1, -0.05) is 24.3 Å². The predicted octanol–water partition coefficient (Wildman–Crippen LogP) is 1.08. The summed E-state index contributed by atoms with van der Waals surface area (Å²) < 4.78 is 0. The molecule has 2 aliphatic rings. The summed E-state index contributed by atoms with van der Waals surface area (Å²) in [5.41, 5.74) is 2.43. The molecule has 2 aliphatic heterocycles. The van der Waals surface area contributed by atoms with Gasteiger partial charge in [0.05, 0.1) is 0 Å². The van der Waals surface area contributed by atoms with Gasteiger partial charge >= 0.3 is 0 Å². The summed E-state index contributed by atoms with van der Waals surface area (Å²) in [6, 6.07) is 8.56. The molecule has 2 unspecified atom stereocenters. The van der Waals surface area contributed by atoms with Crippen molar-refractivity contribution in [3.05, 3.63) is 35.4 Å². The fraction of sp³-hybridized carbons (Fsp3) is 0.562. The molecular weight excluding hydrogens is 250 g/mol. The number of nitrogens with one attached hydrogen (secondary N) is 2. The van der Waals surface area contributed by atoms with E-state index in [-0.39, 0.29) is 11.9 Å². The second-order valence-corrected chi connectivity index (χ2v) is 5.86. The van der Waals surface area contributed by atoms with E-state index in [1.54, 1.807) is 0 Å². The first-order valence-electron chi connectivity index (χ1n) is 7.55. The average Bonchev–Trinajstić information content (AvgIpc) is 2.89. The average molecular weight is 273 g/mol. The Kier molecular flexibility index (Phi) is 4.03. The molecule has 0 spiro atoms. The van der Waals surface area contributed by atoms with Crippen LogP contribution in [0.25, 0.3) is 0 Å². The van der Waals surface area contributed by atoms with Crippen LogP contribution >= 0.6 is 0 Å². The van der Waals surface area contributed by atoms with Crippen molar-refractivity contribution in [3.8, 4) is 0 Å². The maximum absolute atomic E-state index is 12.4. The summed E-state index contributed by atoms with van der Waals surface area (Å²) in [7, 11) is 2.14. The largest absolute Gasteiger partial charge is 0.353 e. The van der Waals surface area contributed by atoms with E-state index in [1.807, 2.05) is 12.1 Å². The normalized spacial score (nSPS) is 26.2. The van der Waals surface area contributed by atoms with Crippen LogP contribution in [-0.4, -0.2) is 43.5 Å². The van der Waals surface area contributed by atoms with Crippen molar-refractivity contribution in [2.24, 2.45) is 0 Å². The number of hydrogen-bond acceptors (Lipinski definition) is 3. The number of nitrogens with zero attached hydrogens (tertiary/aromatic N) is 1. The van der Waals surface area contributed by atoms with Gasteiger partial charge < -0.3 is 15.5 Å². The van der Waals surface area contributed by atoms with Crippen molar-refractivity contribution < 1.29 is 4.79 Å². The van der Waals surface area contributed by atoms with E-state index in [1.165, 1.54) is 18.4 Å². The van der Waals surface area contributed by atoms with E-state index < -0.39 is 0 Å². The summed E-state index contributed by atoms with van der Waals surface area (Å²) in [5.74, 6) is 0.109. The molecular formula is C16H23N3O. The minimum atomic E-state index is -0.188. The van der Waals surface area contributed by atoms with Crippen molar-refractivity contribution in [2.45, 2.75) is 31.3 Å². The number of amides is 1. The third-order valence-electron chi connectivity index (χ3n) is 4.55. The molecule has 0 radical (unpaired) electrons. The Hall–Kier alpha value is -1.39. The Morgan fingerprint density at radius 1 is 1.45 bits per heavy atom. The number of carbonyl (C=O) groups excluding carboxylic acids is 1. The number of benzene rings is 1. The zero-order valence-electron chi connectivity index (χ0n) is 12.1. The lowest BCUT2D eigenvalue weighted by molar-refractivity contribution is -0.123. The van der Waals surface area contributed by atoms with Crippen molar-refractivity contribution in [2.75, 3.05) is 26.7 Å². The Balaban J connectivity index is 1.63. The highest BCUT2D eigenvalue weighted by Gasteiger charge is 2.27. The zero-order chi connectivity index (χ0) is 13.9. The van der Waals surface area contributed by atoms with Gasteiger partial charge in [-0.3, -0.25) is 4.79 Å². The molecule has 4 heteroatoms. The highest BCUT2D eigenvalue weighted by atomic mass is 16.2. The monoisotopic (exact) mass is 273 g/mol. The molecule has 2 N–H and O–H groups in total. The van der Waals surface area contributed by atoms with E-state index in [0.717, 1.165) is 31.6 Å². The first kappa shape index (κ1) is 13.6. The molecule has 3 rings (SSSR count). The third-order valence-corrected chi connectivity index (χ3v) is 4.55. The number of carbonyl (C=O) groups is 1. The lowest BCUT2D eigenvalue weighted by Crippen LogP contribution is -2.45. The molecule has 0 aliphatic carbocycles. The van der Waals surface area contributed by atoms with Gasteiger partial charge in [-0.15, -0.1) is 0 Å². The van der Waals surface area contributed by atoms with Gasteiger partial charge in [0.25, 0.3) is 0 Å². The lowest BCUT2D eigenvalue weighted by atomic mass is 9.94. The van der Waals surface area contributed by atoms with Crippen molar-refractivity contribution in [3.63, 3.8) is 0 Å². The molecule has 20 heavy (non-hydrogen) atoms. The highest BCUT2D eigenvalue weighted by molar-refractivity contribution is 5.84. The minimum Gasteiger partial charge on any atom is -0.353 e. The maximum Gasteiger partial charge on any atom is 0.241 e. The van der Waals surface area contributed by atoms with Crippen LogP contribution < -0.4 is 10.6 Å². The molecule has 1 amide bonds. The standard InChI is InChI=1S/C16H23N3O/c1-19-10-4-6-13(19)11-18-16(20)15-14-7-3-2-5-12(14)8-9-17-15/h2-3,5,7,13,15,17H,4,6,8-11H2,1H3,(H,18,20). The Morgan fingerprint density at radius 3 is 3.10 bits per heavy atom. The molecule has 2 heterocycles. The summed E-state index contributed by atoms with van der Waals surface area (Å²) in [6.45, 7) is 2.78. The third kappa shape index (κ3) is 2.72. The quantitative estimate of drug-likeness (QED) is 0.866. The second kappa shape index (κ2) is 5.94. The van der Waals surface area contributed by atoms with Crippen LogP contribution in [-0.2, 0) is 11.2 Å². The van der Waals surface area contributed by atoms with Gasteiger partial charge in [-0.05, 0) is 44.0 Å². The van der Waals surface area contributed by atoms with Gasteiger partial charge in [0.15, 0.2) is 0 Å². The Labute approximate surface area is 120 Å². The van der Waals surface area contributed by atoms with Crippen molar-refractivity contribution in [1.29, 1.82) is 0 Å². The van der Waals surface area contributed by atoms with Crippen LogP contribution in [0.5, 0.6) is 0 Å². The van der Waals surface area contributed by atoms with Crippen LogP contribution in [0.15, 0.2) is 24.3 Å². The Bertz CT molecular complexity index is 488. The molecule has 0 aromatic heterocycles. The van der Waals surface area contributed by atoms with Gasteiger partial charge in [0, 0.05) is 19.1 Å². The molecule has 1 fully saturated rings. The van der Waals surface area contributed by atoms with Crippen molar-refractivity contribution >= 4 is 5.91 Å². The zero-order valence-corrected chi connectivity index (χ0v) is 12.1. The lowest BCUT2D eigenvalue weighted by Gasteiger charge is -2.27. The van der Waals surface area contributed by atoms with Crippen LogP contribution in [0, 0.1) is 0 Å². The van der Waals surface area contributed by atoms with Crippen LogP contribution in [0.1, 0.15) is 30.0 Å². The van der Waals surface area contributed by atoms with Crippen molar-refractivity contribution in [1.82, 2.24) is 15.5 Å². The first-order valence-corrected chi connectivity index (χ1v) is 7.55. The van der Waals surface area contributed by atoms with E-state index in [2.05, 4.69) is 34.7 Å². The highest BCUT2D eigenvalue weighted by Crippen LogP contribution is 2.22. The summed E-state index contributed by atoms with van der Waals surface area (Å²) in [6.07, 6.45) is 3.43. The summed E-state index contributed by atoms with van der Waals surface area (Å²) in [5, 5.41) is 6.46. The molecule has 2 atom stereocenters. The molecule has 108 valence electrons. The number of hydrogen-bond donors (Lipinski definition) is 2. The molecule has 0 bridgehead atoms. The topological polar surface area (TPSA) is 44.4 Å². The molecule has 0 saturated carbocycles. The number of rotatable bonds is 3. The van der Waals surface area contributed by atoms with E-state index in [4.69, 9.17) is 0 Å². The SMILES string of the molecule is CN1CCCC1CNC(=O)C1NCCc2ccccc21. The van der Waals surface area contributed by atoms with Gasteiger partial charge in [-0.25, -0.2) is 0 Å². The maximum atomic E-state index is 12.4. The predicted molar refractivity (Wildman–Crippen MR) is 79.6 cm³/mol. The van der Waals surface area contributed by atoms with E-state index in [0.29, 0.717) is 6.04 Å². The van der Waals surface area contributed by atoms with E-state index in [9.17, 15) is 4.79 Å². The second-order valence-electron chi connectivity index (χ2n) is 5.86. The van der Waals surface area contributed by atoms with Crippen LogP contribution in [0.2, 0.25) is 0 Å². The molecule has 1 aromatic rings. The fourth-order valence-electron chi connectivity index (χ4n) is 3.30. The van der Waals surface area contributed by atoms with Crippen LogP contribution in [0.3, 0.4) is 0 Å². The summed E-state index contributed by atoms with van der Waals surface area (Å²) >= 11 is 0. The van der Waals surface area contributed by atoms with Crippen LogP contribution in [0.4, 0.5) is 0 Å². The number of likely N-dealkylation sites (N-methyl/N-ethyl adjacent to an activating group) is 1. The van der Waals surface area contributed by atoms with Gasteiger partial charge in [0.1, 0.15) is 6.04 Å². The van der Waals surface area contributed by atoms with Gasteiger partial charge in [-0.2, -0.15) is 0 Å². The minimum absolute atomic E-state index is 0.109. The number of fused-ring (bicyclic) bond motifs is 1. The fourth-order valence-corrected chi connectivity index (χ4v) is 3.30. The summed E-state index contributed by atoms with van der Waals surface area (Å²) in [4.78, 5) is 14.8. The molecule has 4 nitrogen and oxygen atoms in total. The Morgan fingerprint density at radius 2 is 2.30 bits per heavy atom. The molecule has 1 aromatic carbocycles. The number of likely N-dealkylation sites (tertiary alicyclic amines) is 1. The first-order chi connectivity index (χ1) is 9.75. The molecule has 1 saturated heterocycles. The smallest absolute Gasteiger partial charge is 0.241 e. The van der Waals surface area contributed by atoms with E-state index >= 15 is 0 Å².